The van der Waals surface area contributed by atoms with Crippen LogP contribution in [0.2, 0.25) is 0 Å². The highest BCUT2D eigenvalue weighted by Crippen LogP contribution is 2.39. The van der Waals surface area contributed by atoms with Gasteiger partial charge in [0, 0.05) is 23.4 Å². The van der Waals surface area contributed by atoms with Gasteiger partial charge in [0.15, 0.2) is 0 Å². The first kappa shape index (κ1) is 26.7. The van der Waals surface area contributed by atoms with Crippen molar-refractivity contribution in [2.45, 2.75) is 38.3 Å². The molecular formula is C35H29N3O2S2. The number of hydrogen-bond donors (Lipinski definition) is 0. The van der Waals surface area contributed by atoms with Gasteiger partial charge < -0.3 is 4.74 Å². The van der Waals surface area contributed by atoms with Crippen LogP contribution in [0.1, 0.15) is 36.8 Å². The average Bonchev–Trinajstić information content (AvgIpc) is 3.77. The fraction of sp³-hybridized carbons (Fsp3) is 0.171. The monoisotopic (exact) mass is 587 g/mol. The van der Waals surface area contributed by atoms with Crippen LogP contribution in [0, 0.1) is 0 Å². The molecule has 0 bridgehead atoms. The van der Waals surface area contributed by atoms with Gasteiger partial charge in [0.25, 0.3) is 5.91 Å². The summed E-state index contributed by atoms with van der Waals surface area (Å²) < 4.78 is 8.70. The van der Waals surface area contributed by atoms with Gasteiger partial charge in [-0.3, -0.25) is 9.69 Å². The number of hydrogen-bond acceptors (Lipinski definition) is 5. The molecule has 42 heavy (non-hydrogen) atoms. The van der Waals surface area contributed by atoms with Crippen molar-refractivity contribution >= 4 is 51.1 Å². The molecule has 1 saturated carbocycles. The first-order valence-corrected chi connectivity index (χ1v) is 15.5. The second-order valence-corrected chi connectivity index (χ2v) is 12.3. The molecule has 2 fully saturated rings. The van der Waals surface area contributed by atoms with Crippen molar-refractivity contribution in [3.8, 4) is 22.7 Å². The van der Waals surface area contributed by atoms with Crippen molar-refractivity contribution in [3.63, 3.8) is 0 Å². The molecular weight excluding hydrogens is 559 g/mol. The lowest BCUT2D eigenvalue weighted by Crippen LogP contribution is -2.36. The standard InChI is InChI=1S/C35H29N3O2S2/c39-34-32(42-35(41)38(34)29-14-5-6-15-29)21-27-22-37(28-12-2-1-3-13-28)36-33(27)25-17-19-30(20-18-25)40-23-26-11-8-10-24-9-4-7-16-31(24)26/h1-4,7-13,16-22,29H,5-6,14-15,23H2/b32-21-. The lowest BCUT2D eigenvalue weighted by molar-refractivity contribution is -0.123. The Labute approximate surface area is 254 Å². The van der Waals surface area contributed by atoms with Crippen LogP contribution in [-0.4, -0.2) is 30.9 Å². The molecule has 1 aliphatic heterocycles. The largest absolute Gasteiger partial charge is 0.489 e. The Hall–Kier alpha value is -4.20. The third kappa shape index (κ3) is 5.26. The van der Waals surface area contributed by atoms with Crippen molar-refractivity contribution < 1.29 is 9.53 Å². The maximum atomic E-state index is 13.5. The summed E-state index contributed by atoms with van der Waals surface area (Å²) in [5, 5.41) is 7.36. The Morgan fingerprint density at radius 3 is 2.45 bits per heavy atom. The van der Waals surface area contributed by atoms with E-state index < -0.39 is 0 Å². The second kappa shape index (κ2) is 11.6. The molecule has 208 valence electrons. The molecule has 1 aliphatic carbocycles. The number of carbonyl (C=O) groups is 1. The maximum absolute atomic E-state index is 13.5. The van der Waals surface area contributed by atoms with Crippen molar-refractivity contribution in [2.75, 3.05) is 0 Å². The number of aromatic nitrogens is 2. The highest BCUT2D eigenvalue weighted by atomic mass is 32.2. The summed E-state index contributed by atoms with van der Waals surface area (Å²) in [5.74, 6) is 0.792. The summed E-state index contributed by atoms with van der Waals surface area (Å²) >= 11 is 7.04. The zero-order valence-corrected chi connectivity index (χ0v) is 24.6. The van der Waals surface area contributed by atoms with Crippen molar-refractivity contribution in [1.82, 2.24) is 14.7 Å². The molecule has 7 rings (SSSR count). The Bertz CT molecular complexity index is 1800. The minimum atomic E-state index is 0.00694. The molecule has 5 nitrogen and oxygen atoms in total. The third-order valence-electron chi connectivity index (χ3n) is 7.97. The van der Waals surface area contributed by atoms with Crippen LogP contribution < -0.4 is 4.74 Å². The van der Waals surface area contributed by atoms with Gasteiger partial charge in [-0.15, -0.1) is 0 Å². The molecule has 1 amide bonds. The number of nitrogens with zero attached hydrogens (tertiary/aromatic N) is 3. The molecule has 2 heterocycles. The summed E-state index contributed by atoms with van der Waals surface area (Å²) in [7, 11) is 0. The van der Waals surface area contributed by atoms with Gasteiger partial charge in [0.2, 0.25) is 0 Å². The van der Waals surface area contributed by atoms with Gasteiger partial charge in [-0.2, -0.15) is 5.10 Å². The number of carbonyl (C=O) groups excluding carboxylic acids is 1. The minimum Gasteiger partial charge on any atom is -0.489 e. The Balaban J connectivity index is 1.18. The fourth-order valence-electron chi connectivity index (χ4n) is 5.82. The van der Waals surface area contributed by atoms with Gasteiger partial charge in [-0.25, -0.2) is 4.68 Å². The van der Waals surface area contributed by atoms with Crippen LogP contribution in [0.4, 0.5) is 0 Å². The zero-order valence-electron chi connectivity index (χ0n) is 23.0. The van der Waals surface area contributed by atoms with E-state index in [9.17, 15) is 4.79 Å². The van der Waals surface area contributed by atoms with Crippen LogP contribution in [0.5, 0.6) is 5.75 Å². The van der Waals surface area contributed by atoms with Gasteiger partial charge in [0.1, 0.15) is 16.7 Å². The predicted molar refractivity (Wildman–Crippen MR) is 175 cm³/mol. The highest BCUT2D eigenvalue weighted by Gasteiger charge is 2.38. The third-order valence-corrected chi connectivity index (χ3v) is 9.30. The SMILES string of the molecule is O=C1/C(=C/c2cn(-c3ccccc3)nc2-c2ccc(OCc3cccc4ccccc34)cc2)SC(=S)N1C1CCCC1. The molecule has 2 aliphatic rings. The first-order chi connectivity index (χ1) is 20.6. The van der Waals surface area contributed by atoms with E-state index in [0.717, 1.165) is 59.5 Å². The quantitative estimate of drug-likeness (QED) is 0.141. The fourth-order valence-corrected chi connectivity index (χ4v) is 7.21. The van der Waals surface area contributed by atoms with E-state index in [-0.39, 0.29) is 11.9 Å². The Morgan fingerprint density at radius 1 is 0.905 bits per heavy atom. The molecule has 7 heteroatoms. The average molecular weight is 588 g/mol. The summed E-state index contributed by atoms with van der Waals surface area (Å²) in [6.45, 7) is 0.484. The van der Waals surface area contributed by atoms with E-state index in [0.29, 0.717) is 15.8 Å². The maximum Gasteiger partial charge on any atom is 0.266 e. The van der Waals surface area contributed by atoms with E-state index >= 15 is 0 Å². The van der Waals surface area contributed by atoms with Gasteiger partial charge in [0.05, 0.1) is 16.3 Å². The summed E-state index contributed by atoms with van der Waals surface area (Å²) in [5.41, 5.74) is 4.71. The Morgan fingerprint density at radius 2 is 1.64 bits per heavy atom. The number of thiocarbonyl (C=S) groups is 1. The van der Waals surface area contributed by atoms with Gasteiger partial charge in [-0.1, -0.05) is 97.5 Å². The summed E-state index contributed by atoms with van der Waals surface area (Å²) in [6.07, 6.45) is 8.27. The number of amides is 1. The van der Waals surface area contributed by atoms with Crippen molar-refractivity contribution in [3.05, 3.63) is 119 Å². The molecule has 1 aromatic heterocycles. The predicted octanol–water partition coefficient (Wildman–Crippen LogP) is 8.42. The van der Waals surface area contributed by atoms with Crippen LogP contribution in [0.15, 0.2) is 108 Å². The van der Waals surface area contributed by atoms with Crippen LogP contribution in [0.25, 0.3) is 33.8 Å². The van der Waals surface area contributed by atoms with Crippen LogP contribution in [-0.2, 0) is 11.4 Å². The molecule has 5 aromatic rings. The molecule has 0 spiro atoms. The lowest BCUT2D eigenvalue weighted by atomic mass is 10.1. The number of fused-ring (bicyclic) bond motifs is 1. The molecule has 4 aromatic carbocycles. The number of thioether (sulfide) groups is 1. The molecule has 1 saturated heterocycles. The summed E-state index contributed by atoms with van der Waals surface area (Å²) in [4.78, 5) is 15.9. The van der Waals surface area contributed by atoms with E-state index in [2.05, 4.69) is 42.5 Å². The first-order valence-electron chi connectivity index (χ1n) is 14.3. The zero-order chi connectivity index (χ0) is 28.5. The van der Waals surface area contributed by atoms with Gasteiger partial charge in [-0.05, 0) is 71.7 Å². The number of ether oxygens (including phenoxy) is 1. The molecule has 0 N–H and O–H groups in total. The van der Waals surface area contributed by atoms with E-state index in [4.69, 9.17) is 22.1 Å². The van der Waals surface area contributed by atoms with Crippen LogP contribution >= 0.6 is 24.0 Å². The topological polar surface area (TPSA) is 47.4 Å². The van der Waals surface area contributed by atoms with E-state index in [1.807, 2.05) is 76.5 Å². The second-order valence-electron chi connectivity index (χ2n) is 10.7. The number of rotatable bonds is 7. The molecule has 0 unspecified atom stereocenters. The normalized spacial score (nSPS) is 16.7. The van der Waals surface area contributed by atoms with E-state index in [1.54, 1.807) is 0 Å². The number of benzene rings is 4. The van der Waals surface area contributed by atoms with Crippen molar-refractivity contribution in [1.29, 1.82) is 0 Å². The number of para-hydroxylation sites is 1. The smallest absolute Gasteiger partial charge is 0.266 e. The lowest BCUT2D eigenvalue weighted by Gasteiger charge is -2.21. The van der Waals surface area contributed by atoms with Gasteiger partial charge >= 0.3 is 0 Å². The molecule has 0 atom stereocenters. The highest BCUT2D eigenvalue weighted by molar-refractivity contribution is 8.26. The minimum absolute atomic E-state index is 0.00694. The Kier molecular flexibility index (Phi) is 7.36. The van der Waals surface area contributed by atoms with Crippen LogP contribution in [0.3, 0.4) is 0 Å². The van der Waals surface area contributed by atoms with Crippen molar-refractivity contribution in [2.24, 2.45) is 0 Å². The molecule has 0 radical (unpaired) electrons. The van der Waals surface area contributed by atoms with E-state index in [1.165, 1.54) is 22.5 Å². The summed E-state index contributed by atoms with van der Waals surface area (Å²) in [6, 6.07) is 32.9.